The van der Waals surface area contributed by atoms with Crippen molar-refractivity contribution in [2.45, 2.75) is 51.0 Å². The Morgan fingerprint density at radius 3 is 2.73 bits per heavy atom. The first-order chi connectivity index (χ1) is 10.6. The Hall–Kier alpha value is -1.55. The van der Waals surface area contributed by atoms with Gasteiger partial charge in [0.2, 0.25) is 5.91 Å². The minimum absolute atomic E-state index is 0.111. The number of carbonyl (C=O) groups is 1. The fourth-order valence-corrected chi connectivity index (χ4v) is 3.12. The number of amides is 1. The van der Waals surface area contributed by atoms with Crippen LogP contribution in [0.4, 0.5) is 0 Å². The van der Waals surface area contributed by atoms with E-state index in [0.29, 0.717) is 5.92 Å². The third-order valence-electron chi connectivity index (χ3n) is 4.65. The Morgan fingerprint density at radius 1 is 1.36 bits per heavy atom. The van der Waals surface area contributed by atoms with E-state index < -0.39 is 0 Å². The van der Waals surface area contributed by atoms with Crippen LogP contribution in [-0.4, -0.2) is 25.6 Å². The molecule has 22 heavy (non-hydrogen) atoms. The minimum atomic E-state index is 0.111. The molecule has 0 spiro atoms. The molecule has 4 nitrogen and oxygen atoms in total. The summed E-state index contributed by atoms with van der Waals surface area (Å²) in [5.74, 6) is 1.58. The molecule has 1 aromatic carbocycles. The predicted octanol–water partition coefficient (Wildman–Crippen LogP) is 2.82. The topological polar surface area (TPSA) is 64.3 Å². The summed E-state index contributed by atoms with van der Waals surface area (Å²) in [5.41, 5.74) is 7.22. The van der Waals surface area contributed by atoms with Crippen LogP contribution in [0.5, 0.6) is 5.75 Å². The average Bonchev–Trinajstić information content (AvgIpc) is 2.54. The molecule has 1 aliphatic rings. The highest BCUT2D eigenvalue weighted by molar-refractivity contribution is 5.78. The number of carbonyl (C=O) groups excluding carboxylic acids is 1. The van der Waals surface area contributed by atoms with Crippen molar-refractivity contribution in [3.8, 4) is 5.75 Å². The lowest BCUT2D eigenvalue weighted by Crippen LogP contribution is -2.38. The van der Waals surface area contributed by atoms with Gasteiger partial charge < -0.3 is 15.8 Å². The van der Waals surface area contributed by atoms with E-state index >= 15 is 0 Å². The van der Waals surface area contributed by atoms with Crippen molar-refractivity contribution in [3.63, 3.8) is 0 Å². The Labute approximate surface area is 133 Å². The van der Waals surface area contributed by atoms with Gasteiger partial charge in [-0.1, -0.05) is 25.5 Å². The first-order valence-corrected chi connectivity index (χ1v) is 8.27. The number of benzene rings is 1. The van der Waals surface area contributed by atoms with Gasteiger partial charge in [-0.25, -0.2) is 0 Å². The third kappa shape index (κ3) is 4.73. The first kappa shape index (κ1) is 16.8. The maximum absolute atomic E-state index is 12.2. The second-order valence-electron chi connectivity index (χ2n) is 6.38. The number of hydrogen-bond donors (Lipinski definition) is 2. The van der Waals surface area contributed by atoms with Crippen LogP contribution in [0, 0.1) is 5.92 Å². The fraction of sp³-hybridized carbons (Fsp3) is 0.611. The van der Waals surface area contributed by atoms with Crippen molar-refractivity contribution in [2.24, 2.45) is 11.7 Å². The monoisotopic (exact) mass is 304 g/mol. The Kier molecular flexibility index (Phi) is 6.25. The standard InChI is InChI=1S/C18H28N2O2/c1-13(14-6-8-17(22-2)9-7-14)10-11-20-18(21)15-4-3-5-16(19)12-15/h6-9,13,15-16H,3-5,10-12,19H2,1-2H3,(H,20,21). The zero-order valence-electron chi connectivity index (χ0n) is 13.7. The van der Waals surface area contributed by atoms with E-state index in [-0.39, 0.29) is 17.9 Å². The molecule has 3 unspecified atom stereocenters. The molecule has 0 radical (unpaired) electrons. The minimum Gasteiger partial charge on any atom is -0.497 e. The Morgan fingerprint density at radius 2 is 2.09 bits per heavy atom. The number of ether oxygens (including phenoxy) is 1. The lowest BCUT2D eigenvalue weighted by molar-refractivity contribution is -0.126. The molecule has 3 atom stereocenters. The van der Waals surface area contributed by atoms with Gasteiger partial charge in [0, 0.05) is 18.5 Å². The molecule has 0 saturated heterocycles. The second kappa shape index (κ2) is 8.18. The van der Waals surface area contributed by atoms with Gasteiger partial charge in [0.05, 0.1) is 7.11 Å². The maximum Gasteiger partial charge on any atom is 0.223 e. The van der Waals surface area contributed by atoms with Gasteiger partial charge in [-0.2, -0.15) is 0 Å². The largest absolute Gasteiger partial charge is 0.497 e. The molecule has 1 fully saturated rings. The summed E-state index contributed by atoms with van der Waals surface area (Å²) < 4.78 is 5.17. The summed E-state index contributed by atoms with van der Waals surface area (Å²) in [7, 11) is 1.67. The summed E-state index contributed by atoms with van der Waals surface area (Å²) in [6.45, 7) is 2.91. The molecule has 1 amide bonds. The SMILES string of the molecule is COc1ccc(C(C)CCNC(=O)C2CCCC(N)C2)cc1. The van der Waals surface area contributed by atoms with Gasteiger partial charge in [-0.3, -0.25) is 4.79 Å². The van der Waals surface area contributed by atoms with E-state index in [1.165, 1.54) is 5.56 Å². The molecule has 3 N–H and O–H groups in total. The summed E-state index contributed by atoms with van der Waals surface area (Å²) in [6, 6.07) is 8.33. The normalized spacial score (nSPS) is 22.9. The number of methoxy groups -OCH3 is 1. The Bertz CT molecular complexity index is 472. The van der Waals surface area contributed by atoms with Crippen LogP contribution in [0.25, 0.3) is 0 Å². The van der Waals surface area contributed by atoms with Gasteiger partial charge in [0.1, 0.15) is 5.75 Å². The Balaban J connectivity index is 1.73. The van der Waals surface area contributed by atoms with Crippen LogP contribution in [0.2, 0.25) is 0 Å². The van der Waals surface area contributed by atoms with Crippen molar-refractivity contribution in [1.29, 1.82) is 0 Å². The number of nitrogens with two attached hydrogens (primary N) is 1. The van der Waals surface area contributed by atoms with E-state index in [1.54, 1.807) is 7.11 Å². The molecular weight excluding hydrogens is 276 g/mol. The lowest BCUT2D eigenvalue weighted by Gasteiger charge is -2.25. The molecule has 4 heteroatoms. The molecule has 1 aromatic rings. The van der Waals surface area contributed by atoms with Crippen LogP contribution in [0.3, 0.4) is 0 Å². The molecule has 0 aliphatic heterocycles. The number of hydrogen-bond acceptors (Lipinski definition) is 3. The molecule has 122 valence electrons. The van der Waals surface area contributed by atoms with E-state index in [1.807, 2.05) is 12.1 Å². The molecular formula is C18H28N2O2. The van der Waals surface area contributed by atoms with Gasteiger partial charge in [-0.15, -0.1) is 0 Å². The molecule has 2 rings (SSSR count). The highest BCUT2D eigenvalue weighted by atomic mass is 16.5. The molecule has 0 heterocycles. The predicted molar refractivity (Wildman–Crippen MR) is 89.0 cm³/mol. The van der Waals surface area contributed by atoms with Gasteiger partial charge in [0.25, 0.3) is 0 Å². The molecule has 0 aromatic heterocycles. The third-order valence-corrected chi connectivity index (χ3v) is 4.65. The first-order valence-electron chi connectivity index (χ1n) is 8.27. The fourth-order valence-electron chi connectivity index (χ4n) is 3.12. The lowest BCUT2D eigenvalue weighted by atomic mass is 9.85. The summed E-state index contributed by atoms with van der Waals surface area (Å²) in [6.07, 6.45) is 4.88. The van der Waals surface area contributed by atoms with Crippen molar-refractivity contribution in [1.82, 2.24) is 5.32 Å². The maximum atomic E-state index is 12.2. The van der Waals surface area contributed by atoms with E-state index in [4.69, 9.17) is 10.5 Å². The number of rotatable bonds is 6. The zero-order valence-corrected chi connectivity index (χ0v) is 13.7. The highest BCUT2D eigenvalue weighted by Crippen LogP contribution is 2.24. The van der Waals surface area contributed by atoms with Crippen molar-refractivity contribution in [3.05, 3.63) is 29.8 Å². The molecule has 1 saturated carbocycles. The summed E-state index contributed by atoms with van der Waals surface area (Å²) in [4.78, 5) is 12.2. The second-order valence-corrected chi connectivity index (χ2v) is 6.38. The molecule has 1 aliphatic carbocycles. The van der Waals surface area contributed by atoms with Crippen molar-refractivity contribution < 1.29 is 9.53 Å². The van der Waals surface area contributed by atoms with Gasteiger partial charge in [0.15, 0.2) is 0 Å². The van der Waals surface area contributed by atoms with Crippen LogP contribution in [-0.2, 0) is 4.79 Å². The van der Waals surface area contributed by atoms with Crippen LogP contribution in [0.1, 0.15) is 50.5 Å². The summed E-state index contributed by atoms with van der Waals surface area (Å²) in [5, 5.41) is 3.08. The van der Waals surface area contributed by atoms with Gasteiger partial charge >= 0.3 is 0 Å². The smallest absolute Gasteiger partial charge is 0.223 e. The van der Waals surface area contributed by atoms with E-state index in [2.05, 4.69) is 24.4 Å². The van der Waals surface area contributed by atoms with Crippen molar-refractivity contribution in [2.75, 3.05) is 13.7 Å². The quantitative estimate of drug-likeness (QED) is 0.849. The van der Waals surface area contributed by atoms with Crippen LogP contribution in [0.15, 0.2) is 24.3 Å². The summed E-state index contributed by atoms with van der Waals surface area (Å²) >= 11 is 0. The highest BCUT2D eigenvalue weighted by Gasteiger charge is 2.24. The van der Waals surface area contributed by atoms with Crippen LogP contribution >= 0.6 is 0 Å². The van der Waals surface area contributed by atoms with Crippen molar-refractivity contribution >= 4 is 5.91 Å². The van der Waals surface area contributed by atoms with E-state index in [9.17, 15) is 4.79 Å². The van der Waals surface area contributed by atoms with Gasteiger partial charge in [-0.05, 0) is 49.3 Å². The average molecular weight is 304 g/mol. The van der Waals surface area contributed by atoms with E-state index in [0.717, 1.165) is 44.4 Å². The number of nitrogens with one attached hydrogen (secondary N) is 1. The molecule has 0 bridgehead atoms. The van der Waals surface area contributed by atoms with Crippen LogP contribution < -0.4 is 15.8 Å². The zero-order chi connectivity index (χ0) is 15.9.